The topological polar surface area (TPSA) is 26.2 Å². The Hall–Kier alpha value is -1.90. The van der Waals surface area contributed by atoms with Gasteiger partial charge in [-0.3, -0.25) is 4.68 Å². The largest absolute Gasteiger partial charge is 0.497 e. The van der Waals surface area contributed by atoms with Crippen molar-refractivity contribution in [3.63, 3.8) is 0 Å². The van der Waals surface area contributed by atoms with Gasteiger partial charge in [0.05, 0.1) is 13.2 Å². The highest BCUT2D eigenvalue weighted by atomic mass is 16.5. The van der Waals surface area contributed by atoms with Gasteiger partial charge in [-0.15, -0.1) is 0 Å². The van der Waals surface area contributed by atoms with E-state index in [0.29, 0.717) is 6.04 Å². The minimum Gasteiger partial charge on any atom is -0.497 e. The first-order chi connectivity index (χ1) is 9.69. The number of nitrogens with zero attached hydrogens (tertiary/aromatic N) is 1. The fourth-order valence-corrected chi connectivity index (χ4v) is 3.08. The van der Waals surface area contributed by atoms with Gasteiger partial charge in [-0.25, -0.2) is 0 Å². The number of ether oxygens (including phenoxy) is 1. The molecule has 1 N–H and O–H groups in total. The summed E-state index contributed by atoms with van der Waals surface area (Å²) < 4.78 is 7.53. The molecule has 0 saturated carbocycles. The maximum Gasteiger partial charge on any atom is 0.119 e. The lowest BCUT2D eigenvalue weighted by atomic mass is 9.88. The normalized spacial score (nSPS) is 17.6. The van der Waals surface area contributed by atoms with Gasteiger partial charge in [-0.2, -0.15) is 0 Å². The lowest BCUT2D eigenvalue weighted by Crippen LogP contribution is -2.26. The number of hydrogen-bond acceptors (Lipinski definition) is 2. The van der Waals surface area contributed by atoms with Crippen LogP contribution in [0.3, 0.4) is 0 Å². The lowest BCUT2D eigenvalue weighted by molar-refractivity contribution is 0.413. The minimum absolute atomic E-state index is 0.384. The highest BCUT2D eigenvalue weighted by Crippen LogP contribution is 2.33. The molecule has 1 aliphatic rings. The molecular formula is C17H22N2O. The number of benzene rings is 1. The zero-order valence-corrected chi connectivity index (χ0v) is 12.4. The molecule has 3 nitrogen and oxygen atoms in total. The Labute approximate surface area is 120 Å². The first kappa shape index (κ1) is 13.1. The smallest absolute Gasteiger partial charge is 0.119 e. The second kappa shape index (κ2) is 5.23. The van der Waals surface area contributed by atoms with Crippen LogP contribution in [0.1, 0.15) is 41.4 Å². The molecule has 106 valence electrons. The number of aromatic nitrogens is 1. The lowest BCUT2D eigenvalue weighted by Gasteiger charge is -2.29. The van der Waals surface area contributed by atoms with Crippen LogP contribution in [0.2, 0.25) is 0 Å². The first-order valence-electron chi connectivity index (χ1n) is 7.27. The molecule has 1 aromatic heterocycles. The number of rotatable bonds is 3. The van der Waals surface area contributed by atoms with Gasteiger partial charge in [-0.1, -0.05) is 6.07 Å². The molecule has 1 atom stereocenters. The van der Waals surface area contributed by atoms with Gasteiger partial charge in [0.2, 0.25) is 0 Å². The Morgan fingerprint density at radius 2 is 1.90 bits per heavy atom. The highest BCUT2D eigenvalue weighted by molar-refractivity contribution is 5.40. The van der Waals surface area contributed by atoms with Crippen molar-refractivity contribution in [3.8, 4) is 5.75 Å². The SMILES string of the molecule is COc1ccc2c(c1)CCCC2Nn1c(C)ccc1C. The van der Waals surface area contributed by atoms with Crippen molar-refractivity contribution in [2.45, 2.75) is 39.2 Å². The van der Waals surface area contributed by atoms with Crippen molar-refractivity contribution in [2.24, 2.45) is 0 Å². The number of nitrogens with one attached hydrogen (secondary N) is 1. The summed E-state index contributed by atoms with van der Waals surface area (Å²) in [5.74, 6) is 0.956. The fourth-order valence-electron chi connectivity index (χ4n) is 3.08. The van der Waals surface area contributed by atoms with Crippen molar-refractivity contribution in [2.75, 3.05) is 12.5 Å². The maximum absolute atomic E-state index is 5.33. The Balaban J connectivity index is 1.90. The van der Waals surface area contributed by atoms with Gasteiger partial charge in [-0.05, 0) is 68.5 Å². The van der Waals surface area contributed by atoms with E-state index in [1.54, 1.807) is 7.11 Å². The Morgan fingerprint density at radius 3 is 2.60 bits per heavy atom. The van der Waals surface area contributed by atoms with E-state index < -0.39 is 0 Å². The molecule has 1 heterocycles. The predicted molar refractivity (Wildman–Crippen MR) is 81.9 cm³/mol. The maximum atomic E-state index is 5.33. The molecule has 0 amide bonds. The molecule has 2 aromatic rings. The summed E-state index contributed by atoms with van der Waals surface area (Å²) in [6.07, 6.45) is 3.54. The molecule has 20 heavy (non-hydrogen) atoms. The monoisotopic (exact) mass is 270 g/mol. The zero-order chi connectivity index (χ0) is 14.1. The van der Waals surface area contributed by atoms with Gasteiger partial charge in [0.1, 0.15) is 5.75 Å². The van der Waals surface area contributed by atoms with Crippen molar-refractivity contribution in [1.82, 2.24) is 4.68 Å². The van der Waals surface area contributed by atoms with Crippen molar-refractivity contribution in [3.05, 3.63) is 52.8 Å². The van der Waals surface area contributed by atoms with Crippen LogP contribution < -0.4 is 10.2 Å². The van der Waals surface area contributed by atoms with Crippen molar-refractivity contribution in [1.29, 1.82) is 0 Å². The van der Waals surface area contributed by atoms with Crippen molar-refractivity contribution < 1.29 is 4.74 Å². The second-order valence-electron chi connectivity index (χ2n) is 5.59. The summed E-state index contributed by atoms with van der Waals surface area (Å²) in [7, 11) is 1.73. The van der Waals surface area contributed by atoms with Crippen LogP contribution in [0, 0.1) is 13.8 Å². The zero-order valence-electron chi connectivity index (χ0n) is 12.4. The molecule has 3 rings (SSSR count). The number of aryl methyl sites for hydroxylation is 3. The molecule has 1 unspecified atom stereocenters. The summed E-state index contributed by atoms with van der Waals surface area (Å²) in [6, 6.07) is 11.1. The third-order valence-electron chi connectivity index (χ3n) is 4.22. The summed E-state index contributed by atoms with van der Waals surface area (Å²) in [4.78, 5) is 0. The van der Waals surface area contributed by atoms with Gasteiger partial charge in [0.15, 0.2) is 0 Å². The molecule has 0 aliphatic heterocycles. The fraction of sp³-hybridized carbons (Fsp3) is 0.412. The highest BCUT2D eigenvalue weighted by Gasteiger charge is 2.21. The van der Waals surface area contributed by atoms with Crippen LogP contribution in [0.25, 0.3) is 0 Å². The molecule has 1 aliphatic carbocycles. The number of hydrogen-bond donors (Lipinski definition) is 1. The third-order valence-corrected chi connectivity index (χ3v) is 4.22. The first-order valence-corrected chi connectivity index (χ1v) is 7.27. The molecule has 0 spiro atoms. The van der Waals surface area contributed by atoms with E-state index in [1.807, 2.05) is 0 Å². The van der Waals surface area contributed by atoms with E-state index in [4.69, 9.17) is 4.74 Å². The summed E-state index contributed by atoms with van der Waals surface area (Å²) in [5, 5.41) is 0. The predicted octanol–water partition coefficient (Wildman–Crippen LogP) is 3.73. The van der Waals surface area contributed by atoms with E-state index in [2.05, 4.69) is 54.3 Å². The number of methoxy groups -OCH3 is 1. The Bertz CT molecular complexity index is 596. The van der Waals surface area contributed by atoms with Gasteiger partial charge < -0.3 is 10.2 Å². The second-order valence-corrected chi connectivity index (χ2v) is 5.59. The molecule has 0 bridgehead atoms. The van der Waals surface area contributed by atoms with Gasteiger partial charge >= 0.3 is 0 Å². The molecule has 0 saturated heterocycles. The van der Waals surface area contributed by atoms with Crippen molar-refractivity contribution >= 4 is 0 Å². The molecule has 1 aromatic carbocycles. The van der Waals surface area contributed by atoms with Crippen LogP contribution in [0.5, 0.6) is 5.75 Å². The molecular weight excluding hydrogens is 248 g/mol. The van der Waals surface area contributed by atoms with Crippen LogP contribution in [0.15, 0.2) is 30.3 Å². The minimum atomic E-state index is 0.384. The Kier molecular flexibility index (Phi) is 3.43. The van der Waals surface area contributed by atoms with Crippen LogP contribution in [-0.2, 0) is 6.42 Å². The summed E-state index contributed by atoms with van der Waals surface area (Å²) in [5.41, 5.74) is 8.99. The molecule has 0 fully saturated rings. The quantitative estimate of drug-likeness (QED) is 0.919. The Morgan fingerprint density at radius 1 is 1.15 bits per heavy atom. The van der Waals surface area contributed by atoms with E-state index in [1.165, 1.54) is 35.4 Å². The van der Waals surface area contributed by atoms with Gasteiger partial charge in [0.25, 0.3) is 0 Å². The van der Waals surface area contributed by atoms with Crippen LogP contribution in [-0.4, -0.2) is 11.8 Å². The van der Waals surface area contributed by atoms with Crippen LogP contribution in [0.4, 0.5) is 0 Å². The standard InChI is InChI=1S/C17H22N2O/c1-12-7-8-13(2)19(12)18-17-6-4-5-14-11-15(20-3)9-10-16(14)17/h7-11,17-18H,4-6H2,1-3H3. The average Bonchev–Trinajstić information content (AvgIpc) is 2.79. The third kappa shape index (κ3) is 2.28. The summed E-state index contributed by atoms with van der Waals surface area (Å²) in [6.45, 7) is 4.27. The van der Waals surface area contributed by atoms with E-state index in [9.17, 15) is 0 Å². The number of fused-ring (bicyclic) bond motifs is 1. The van der Waals surface area contributed by atoms with Gasteiger partial charge in [0, 0.05) is 11.4 Å². The van der Waals surface area contributed by atoms with Crippen LogP contribution >= 0.6 is 0 Å². The van der Waals surface area contributed by atoms with E-state index in [0.717, 1.165) is 12.2 Å². The molecule has 3 heteroatoms. The summed E-state index contributed by atoms with van der Waals surface area (Å²) >= 11 is 0. The van der Waals surface area contributed by atoms with E-state index in [-0.39, 0.29) is 0 Å². The van der Waals surface area contributed by atoms with E-state index >= 15 is 0 Å². The molecule has 0 radical (unpaired) electrons. The average molecular weight is 270 g/mol.